The minimum atomic E-state index is -0.496. The summed E-state index contributed by atoms with van der Waals surface area (Å²) in [6.07, 6.45) is 1.76. The van der Waals surface area contributed by atoms with Crippen LogP contribution in [0.25, 0.3) is 0 Å². The molecule has 0 aliphatic heterocycles. The Hall–Kier alpha value is -1.33. The van der Waals surface area contributed by atoms with Crippen molar-refractivity contribution >= 4 is 17.7 Å². The molecule has 0 saturated heterocycles. The summed E-state index contributed by atoms with van der Waals surface area (Å²) in [7, 11) is 0. The highest BCUT2D eigenvalue weighted by atomic mass is 35.5. The molecule has 4 nitrogen and oxygen atoms in total. The highest BCUT2D eigenvalue weighted by Crippen LogP contribution is 2.28. The Balaban J connectivity index is 1.79. The van der Waals surface area contributed by atoms with Crippen LogP contribution in [-0.4, -0.2) is 35.7 Å². The molecule has 0 spiro atoms. The summed E-state index contributed by atoms with van der Waals surface area (Å²) in [6.45, 7) is 7.11. The predicted octanol–water partition coefficient (Wildman–Crippen LogP) is 3.97. The van der Waals surface area contributed by atoms with Crippen LogP contribution in [0, 0.1) is 5.82 Å². The van der Waals surface area contributed by atoms with Crippen LogP contribution >= 0.6 is 11.6 Å². The first-order chi connectivity index (χ1) is 10.8. The van der Waals surface area contributed by atoms with Crippen molar-refractivity contribution in [2.75, 3.05) is 13.1 Å². The lowest BCUT2D eigenvalue weighted by Gasteiger charge is -2.27. The molecule has 0 atom stereocenters. The van der Waals surface area contributed by atoms with E-state index >= 15 is 0 Å². The molecule has 1 amide bonds. The van der Waals surface area contributed by atoms with Crippen molar-refractivity contribution < 1.29 is 13.9 Å². The van der Waals surface area contributed by atoms with Crippen molar-refractivity contribution in [1.29, 1.82) is 0 Å². The van der Waals surface area contributed by atoms with Gasteiger partial charge >= 0.3 is 6.09 Å². The summed E-state index contributed by atoms with van der Waals surface area (Å²) in [4.78, 5) is 14.0. The minimum absolute atomic E-state index is 0.277. The van der Waals surface area contributed by atoms with Gasteiger partial charge in [0.2, 0.25) is 0 Å². The van der Waals surface area contributed by atoms with Gasteiger partial charge in [-0.1, -0.05) is 17.7 Å². The zero-order valence-electron chi connectivity index (χ0n) is 13.9. The molecule has 0 bridgehead atoms. The lowest BCUT2D eigenvalue weighted by Crippen LogP contribution is -2.41. The highest BCUT2D eigenvalue weighted by Gasteiger charge is 2.34. The van der Waals surface area contributed by atoms with Gasteiger partial charge in [0.05, 0.1) is 0 Å². The summed E-state index contributed by atoms with van der Waals surface area (Å²) in [5.74, 6) is -0.323. The largest absolute Gasteiger partial charge is 0.444 e. The fraction of sp³-hybridized carbons (Fsp3) is 0.588. The molecule has 1 N–H and O–H groups in total. The van der Waals surface area contributed by atoms with Gasteiger partial charge in [-0.05, 0) is 45.7 Å². The molecule has 0 heterocycles. The van der Waals surface area contributed by atoms with Gasteiger partial charge in [0.25, 0.3) is 0 Å². The molecule has 1 aliphatic carbocycles. The number of hydrogen-bond acceptors (Lipinski definition) is 3. The molecule has 1 aromatic carbocycles. The van der Waals surface area contributed by atoms with E-state index in [0.29, 0.717) is 30.2 Å². The van der Waals surface area contributed by atoms with Crippen LogP contribution in [0.15, 0.2) is 18.2 Å². The number of carbonyl (C=O) groups excluding carboxylic acids is 1. The first kappa shape index (κ1) is 18.0. The zero-order chi connectivity index (χ0) is 17.0. The molecule has 1 aliphatic rings. The molecule has 2 rings (SSSR count). The van der Waals surface area contributed by atoms with Gasteiger partial charge in [-0.25, -0.2) is 9.18 Å². The van der Waals surface area contributed by atoms with E-state index in [0.717, 1.165) is 12.8 Å². The molecular formula is C17H24ClFN2O2. The topological polar surface area (TPSA) is 41.6 Å². The van der Waals surface area contributed by atoms with Crippen LogP contribution in [-0.2, 0) is 11.3 Å². The molecule has 23 heavy (non-hydrogen) atoms. The van der Waals surface area contributed by atoms with E-state index in [-0.39, 0.29) is 18.0 Å². The average molecular weight is 343 g/mol. The van der Waals surface area contributed by atoms with E-state index in [1.807, 2.05) is 20.8 Å². The first-order valence-corrected chi connectivity index (χ1v) is 8.28. The zero-order valence-corrected chi connectivity index (χ0v) is 14.6. The SMILES string of the molecule is CC(C)(C)OC(=O)N(CCNCc1ccc(Cl)cc1F)C1CC1. The number of hydrogen-bond donors (Lipinski definition) is 1. The molecular weight excluding hydrogens is 319 g/mol. The lowest BCUT2D eigenvalue weighted by molar-refractivity contribution is 0.0236. The number of ether oxygens (including phenoxy) is 1. The predicted molar refractivity (Wildman–Crippen MR) is 89.1 cm³/mol. The number of rotatable bonds is 6. The second-order valence-corrected chi connectivity index (χ2v) is 7.25. The summed E-state index contributed by atoms with van der Waals surface area (Å²) in [5, 5.41) is 3.55. The number of carbonyl (C=O) groups is 1. The van der Waals surface area contributed by atoms with Crippen molar-refractivity contribution in [2.24, 2.45) is 0 Å². The van der Waals surface area contributed by atoms with Crippen LogP contribution in [0.4, 0.5) is 9.18 Å². The smallest absolute Gasteiger partial charge is 0.410 e. The highest BCUT2D eigenvalue weighted by molar-refractivity contribution is 6.30. The Labute approximate surface area is 141 Å². The normalized spacial score (nSPS) is 14.7. The van der Waals surface area contributed by atoms with Gasteiger partial charge in [0, 0.05) is 36.3 Å². The van der Waals surface area contributed by atoms with Gasteiger partial charge in [-0.2, -0.15) is 0 Å². The Kier molecular flexibility index (Phi) is 5.87. The Morgan fingerprint density at radius 1 is 1.43 bits per heavy atom. The van der Waals surface area contributed by atoms with Gasteiger partial charge < -0.3 is 15.0 Å². The molecule has 6 heteroatoms. The van der Waals surface area contributed by atoms with Crippen molar-refractivity contribution in [3.8, 4) is 0 Å². The standard InChI is InChI=1S/C17H24ClFN2O2/c1-17(2,3)23-16(22)21(14-6-7-14)9-8-20-11-12-4-5-13(18)10-15(12)19/h4-5,10,14,20H,6-9,11H2,1-3H3. The molecule has 1 fully saturated rings. The molecule has 0 unspecified atom stereocenters. The van der Waals surface area contributed by atoms with Gasteiger partial charge in [-0.15, -0.1) is 0 Å². The van der Waals surface area contributed by atoms with Crippen LogP contribution in [0.3, 0.4) is 0 Å². The molecule has 0 aromatic heterocycles. The molecule has 1 aromatic rings. The third-order valence-corrected chi connectivity index (χ3v) is 3.71. The monoisotopic (exact) mass is 342 g/mol. The van der Waals surface area contributed by atoms with Crippen molar-refractivity contribution in [2.45, 2.75) is 51.8 Å². The van der Waals surface area contributed by atoms with E-state index in [1.165, 1.54) is 6.07 Å². The number of nitrogens with zero attached hydrogens (tertiary/aromatic N) is 1. The first-order valence-electron chi connectivity index (χ1n) is 7.90. The number of halogens is 2. The minimum Gasteiger partial charge on any atom is -0.444 e. The second kappa shape index (κ2) is 7.49. The third kappa shape index (κ3) is 5.99. The number of nitrogens with one attached hydrogen (secondary N) is 1. The summed E-state index contributed by atoms with van der Waals surface area (Å²) >= 11 is 5.73. The Bertz CT molecular complexity index is 556. The van der Waals surface area contributed by atoms with Crippen molar-refractivity contribution in [3.05, 3.63) is 34.6 Å². The maximum absolute atomic E-state index is 13.7. The van der Waals surface area contributed by atoms with Crippen molar-refractivity contribution in [3.63, 3.8) is 0 Å². The maximum atomic E-state index is 13.7. The second-order valence-electron chi connectivity index (χ2n) is 6.82. The van der Waals surface area contributed by atoms with E-state index in [9.17, 15) is 9.18 Å². The average Bonchev–Trinajstić information content (AvgIpc) is 3.23. The summed E-state index contributed by atoms with van der Waals surface area (Å²) in [5.41, 5.74) is 0.0639. The summed E-state index contributed by atoms with van der Waals surface area (Å²) < 4.78 is 19.1. The molecule has 128 valence electrons. The fourth-order valence-corrected chi connectivity index (χ4v) is 2.38. The molecule has 0 radical (unpaired) electrons. The van der Waals surface area contributed by atoms with E-state index in [2.05, 4.69) is 5.32 Å². The third-order valence-electron chi connectivity index (χ3n) is 3.48. The Morgan fingerprint density at radius 2 is 2.13 bits per heavy atom. The number of benzene rings is 1. The van der Waals surface area contributed by atoms with Crippen LogP contribution in [0.5, 0.6) is 0 Å². The molecule has 1 saturated carbocycles. The number of amides is 1. The Morgan fingerprint density at radius 3 is 2.70 bits per heavy atom. The fourth-order valence-electron chi connectivity index (χ4n) is 2.22. The maximum Gasteiger partial charge on any atom is 0.410 e. The van der Waals surface area contributed by atoms with Crippen LogP contribution in [0.1, 0.15) is 39.2 Å². The van der Waals surface area contributed by atoms with E-state index < -0.39 is 5.60 Å². The van der Waals surface area contributed by atoms with E-state index in [1.54, 1.807) is 17.0 Å². The van der Waals surface area contributed by atoms with Crippen LogP contribution in [0.2, 0.25) is 5.02 Å². The van der Waals surface area contributed by atoms with Gasteiger partial charge in [0.15, 0.2) is 0 Å². The van der Waals surface area contributed by atoms with Gasteiger partial charge in [-0.3, -0.25) is 0 Å². The van der Waals surface area contributed by atoms with Gasteiger partial charge in [0.1, 0.15) is 11.4 Å². The quantitative estimate of drug-likeness (QED) is 0.795. The lowest BCUT2D eigenvalue weighted by atomic mass is 10.2. The van der Waals surface area contributed by atoms with Crippen molar-refractivity contribution in [1.82, 2.24) is 10.2 Å². The van der Waals surface area contributed by atoms with E-state index in [4.69, 9.17) is 16.3 Å². The summed E-state index contributed by atoms with van der Waals surface area (Å²) in [6, 6.07) is 4.91. The van der Waals surface area contributed by atoms with Crippen LogP contribution < -0.4 is 5.32 Å².